The summed E-state index contributed by atoms with van der Waals surface area (Å²) >= 11 is 0. The van der Waals surface area contributed by atoms with Crippen molar-refractivity contribution in [1.82, 2.24) is 24.6 Å². The van der Waals surface area contributed by atoms with Crippen molar-refractivity contribution in [2.75, 3.05) is 25.5 Å². The minimum atomic E-state index is -0.948. The molecule has 7 nitrogen and oxygen atoms in total. The first-order valence-corrected chi connectivity index (χ1v) is 10.6. The average Bonchev–Trinajstić information content (AvgIpc) is 3.30. The summed E-state index contributed by atoms with van der Waals surface area (Å²) in [4.78, 5) is 8.14. The molecule has 1 unspecified atom stereocenters. The lowest BCUT2D eigenvalue weighted by atomic mass is 9.67. The fraction of sp³-hybridized carbons (Fsp3) is 0.435. The minimum Gasteiger partial charge on any atom is -0.507 e. The van der Waals surface area contributed by atoms with Gasteiger partial charge >= 0.3 is 0 Å². The molecule has 2 saturated heterocycles. The van der Waals surface area contributed by atoms with Crippen molar-refractivity contribution in [3.05, 3.63) is 49.1 Å². The van der Waals surface area contributed by atoms with E-state index in [0.29, 0.717) is 17.1 Å². The Balaban J connectivity index is 1.38. The summed E-state index contributed by atoms with van der Waals surface area (Å²) < 4.78 is 17.3. The quantitative estimate of drug-likeness (QED) is 0.696. The standard InChI is InChI=1S/C23H27FN6O/c1-23-9-8-15(13-28(23)2)21(22(23)24)29(3)20-7-6-18(26-27-20)17-5-4-16(12-19(17)31)30-11-10-25-14-30/h4-7,10-12,14-15,21-22,31H,8-9,13H2,1-3H3/t15?,21-,22-,23-/m0/s1. The van der Waals surface area contributed by atoms with E-state index in [9.17, 15) is 5.11 Å². The Kier molecular flexibility index (Phi) is 4.69. The summed E-state index contributed by atoms with van der Waals surface area (Å²) in [6, 6.07) is 8.84. The Labute approximate surface area is 181 Å². The highest BCUT2D eigenvalue weighted by Gasteiger charge is 2.55. The van der Waals surface area contributed by atoms with Gasteiger partial charge in [0.1, 0.15) is 11.9 Å². The first-order valence-electron chi connectivity index (χ1n) is 10.6. The molecule has 0 radical (unpaired) electrons. The molecule has 2 aliphatic heterocycles. The van der Waals surface area contributed by atoms with Crippen molar-refractivity contribution >= 4 is 5.82 Å². The summed E-state index contributed by atoms with van der Waals surface area (Å²) in [5.41, 5.74) is 1.55. The SMILES string of the molecule is CN(c1ccc(-c2ccc(-n3ccnc3)cc2O)nn1)[C@H]1C2CC[C@@](C)([C@H]1F)N(C)C2. The number of aromatic nitrogens is 4. The number of alkyl halides is 1. The van der Waals surface area contributed by atoms with E-state index in [0.717, 1.165) is 25.1 Å². The molecule has 3 fully saturated rings. The van der Waals surface area contributed by atoms with Crippen LogP contribution < -0.4 is 4.90 Å². The van der Waals surface area contributed by atoms with Crippen molar-refractivity contribution in [2.45, 2.75) is 37.5 Å². The largest absolute Gasteiger partial charge is 0.507 e. The lowest BCUT2D eigenvalue weighted by Crippen LogP contribution is -2.70. The first kappa shape index (κ1) is 19.9. The Morgan fingerprint density at radius 1 is 1.23 bits per heavy atom. The Bertz CT molecular complexity index is 1070. The lowest BCUT2D eigenvalue weighted by Gasteiger charge is -2.58. The normalized spacial score (nSPS) is 28.1. The van der Waals surface area contributed by atoms with E-state index in [2.05, 4.69) is 20.1 Å². The first-order chi connectivity index (χ1) is 14.9. The Morgan fingerprint density at radius 2 is 2.06 bits per heavy atom. The van der Waals surface area contributed by atoms with Crippen molar-refractivity contribution in [3.63, 3.8) is 0 Å². The number of nitrogens with zero attached hydrogens (tertiary/aromatic N) is 6. The molecule has 3 aromatic rings. The lowest BCUT2D eigenvalue weighted by molar-refractivity contribution is -0.0816. The van der Waals surface area contributed by atoms with E-state index >= 15 is 4.39 Å². The molecule has 1 saturated carbocycles. The van der Waals surface area contributed by atoms with E-state index in [4.69, 9.17) is 0 Å². The number of imidazole rings is 1. The van der Waals surface area contributed by atoms with Crippen LogP contribution in [0.5, 0.6) is 5.75 Å². The zero-order valence-electron chi connectivity index (χ0n) is 18.0. The molecular formula is C23H27FN6O. The maximum Gasteiger partial charge on any atom is 0.151 e. The van der Waals surface area contributed by atoms with Crippen LogP contribution in [0.25, 0.3) is 16.9 Å². The number of phenols is 1. The van der Waals surface area contributed by atoms with E-state index in [-0.39, 0.29) is 17.7 Å². The van der Waals surface area contributed by atoms with Gasteiger partial charge in [-0.3, -0.25) is 4.90 Å². The van der Waals surface area contributed by atoms with Crippen LogP contribution in [-0.4, -0.2) is 68.1 Å². The molecule has 3 aliphatic rings. The Hall–Kier alpha value is -3.00. The fourth-order valence-corrected chi connectivity index (χ4v) is 5.19. The molecule has 31 heavy (non-hydrogen) atoms. The van der Waals surface area contributed by atoms with E-state index in [1.54, 1.807) is 18.6 Å². The van der Waals surface area contributed by atoms with Crippen LogP contribution in [0.3, 0.4) is 0 Å². The van der Waals surface area contributed by atoms with Crippen molar-refractivity contribution in [1.29, 1.82) is 0 Å². The second-order valence-corrected chi connectivity index (χ2v) is 8.99. The number of piperidine rings is 2. The monoisotopic (exact) mass is 422 g/mol. The van der Waals surface area contributed by atoms with Gasteiger partial charge in [-0.1, -0.05) is 0 Å². The van der Waals surface area contributed by atoms with Gasteiger partial charge in [-0.2, -0.15) is 0 Å². The van der Waals surface area contributed by atoms with Gasteiger partial charge < -0.3 is 14.6 Å². The molecule has 0 spiro atoms. The number of benzene rings is 1. The third kappa shape index (κ3) is 3.17. The predicted octanol–water partition coefficient (Wildman–Crippen LogP) is 3.29. The number of aromatic hydroxyl groups is 1. The number of hydrogen-bond acceptors (Lipinski definition) is 6. The molecule has 8 heteroatoms. The van der Waals surface area contributed by atoms with Gasteiger partial charge in [-0.25, -0.2) is 9.37 Å². The molecule has 162 valence electrons. The second-order valence-electron chi connectivity index (χ2n) is 8.99. The molecule has 0 amide bonds. The summed E-state index contributed by atoms with van der Waals surface area (Å²) in [6.45, 7) is 2.92. The van der Waals surface area contributed by atoms with Crippen LogP contribution in [-0.2, 0) is 0 Å². The Morgan fingerprint density at radius 3 is 2.71 bits per heavy atom. The number of halogens is 1. The van der Waals surface area contributed by atoms with Crippen molar-refractivity contribution in [3.8, 4) is 22.7 Å². The van der Waals surface area contributed by atoms with Gasteiger partial charge in [-0.05, 0) is 57.0 Å². The van der Waals surface area contributed by atoms with Gasteiger partial charge in [-0.15, -0.1) is 10.2 Å². The summed E-state index contributed by atoms with van der Waals surface area (Å²) in [5.74, 6) is 1.03. The highest BCUT2D eigenvalue weighted by molar-refractivity contribution is 5.69. The molecule has 4 heterocycles. The number of rotatable bonds is 4. The number of fused-ring (bicyclic) bond motifs is 3. The van der Waals surface area contributed by atoms with Crippen molar-refractivity contribution < 1.29 is 9.50 Å². The maximum absolute atomic E-state index is 15.5. The smallest absolute Gasteiger partial charge is 0.151 e. The molecule has 1 N–H and O–H groups in total. The summed E-state index contributed by atoms with van der Waals surface area (Å²) in [6.07, 6.45) is 6.14. The molecule has 6 rings (SSSR count). The third-order valence-corrected chi connectivity index (χ3v) is 7.30. The zero-order valence-corrected chi connectivity index (χ0v) is 18.0. The number of anilines is 1. The number of phenolic OH excluding ortho intramolecular Hbond substituents is 1. The highest BCUT2D eigenvalue weighted by atomic mass is 19.1. The highest BCUT2D eigenvalue weighted by Crippen LogP contribution is 2.46. The fourth-order valence-electron chi connectivity index (χ4n) is 5.19. The number of hydrogen-bond donors (Lipinski definition) is 1. The third-order valence-electron chi connectivity index (χ3n) is 7.30. The zero-order chi connectivity index (χ0) is 21.8. The molecule has 1 aliphatic carbocycles. The van der Waals surface area contributed by atoms with Crippen LogP contribution >= 0.6 is 0 Å². The maximum atomic E-state index is 15.5. The van der Waals surface area contributed by atoms with Crippen LogP contribution in [0.4, 0.5) is 10.2 Å². The topological polar surface area (TPSA) is 70.3 Å². The summed E-state index contributed by atoms with van der Waals surface area (Å²) in [7, 11) is 3.93. The second kappa shape index (κ2) is 7.30. The minimum absolute atomic E-state index is 0.117. The molecule has 2 bridgehead atoms. The molecule has 1 aromatic carbocycles. The molecular weight excluding hydrogens is 395 g/mol. The van der Waals surface area contributed by atoms with Crippen LogP contribution in [0.2, 0.25) is 0 Å². The molecule has 2 aromatic heterocycles. The van der Waals surface area contributed by atoms with Crippen LogP contribution in [0.15, 0.2) is 49.1 Å². The van der Waals surface area contributed by atoms with E-state index < -0.39 is 11.7 Å². The van der Waals surface area contributed by atoms with Crippen LogP contribution in [0.1, 0.15) is 19.8 Å². The van der Waals surface area contributed by atoms with Crippen LogP contribution in [0, 0.1) is 5.92 Å². The van der Waals surface area contributed by atoms with Gasteiger partial charge in [0.25, 0.3) is 0 Å². The summed E-state index contributed by atoms with van der Waals surface area (Å²) in [5, 5.41) is 19.2. The van der Waals surface area contributed by atoms with Gasteiger partial charge in [0.05, 0.1) is 29.3 Å². The predicted molar refractivity (Wildman–Crippen MR) is 117 cm³/mol. The van der Waals surface area contributed by atoms with Gasteiger partial charge in [0, 0.05) is 37.6 Å². The van der Waals surface area contributed by atoms with E-state index in [1.807, 2.05) is 60.9 Å². The molecule has 4 atom stereocenters. The van der Waals surface area contributed by atoms with Crippen molar-refractivity contribution in [2.24, 2.45) is 5.92 Å². The van der Waals surface area contributed by atoms with E-state index in [1.165, 1.54) is 0 Å². The van der Waals surface area contributed by atoms with Gasteiger partial charge in [0.15, 0.2) is 5.82 Å². The van der Waals surface area contributed by atoms with Gasteiger partial charge in [0.2, 0.25) is 0 Å². The average molecular weight is 423 g/mol.